The first-order valence-corrected chi connectivity index (χ1v) is 11.8. The first-order chi connectivity index (χ1) is 17.3. The molecule has 0 N–H and O–H groups in total. The second kappa shape index (κ2) is 10.2. The van der Waals surface area contributed by atoms with Gasteiger partial charge in [0.15, 0.2) is 4.80 Å². The van der Waals surface area contributed by atoms with Gasteiger partial charge in [0.05, 0.1) is 41.6 Å². The van der Waals surface area contributed by atoms with E-state index < -0.39 is 16.9 Å². The summed E-state index contributed by atoms with van der Waals surface area (Å²) in [4.78, 5) is 42.1. The zero-order chi connectivity index (χ0) is 26.0. The lowest BCUT2D eigenvalue weighted by molar-refractivity contribution is -0.384. The molecule has 186 valence electrons. The molecule has 0 radical (unpaired) electrons. The second-order valence-electron chi connectivity index (χ2n) is 7.76. The molecule has 0 fully saturated rings. The molecular weight excluding hydrogens is 486 g/mol. The van der Waals surface area contributed by atoms with E-state index in [0.29, 0.717) is 37.7 Å². The number of carbonyl (C=O) groups excluding carboxylic acids is 1. The molecule has 0 saturated heterocycles. The van der Waals surface area contributed by atoms with Crippen LogP contribution in [0.2, 0.25) is 0 Å². The largest absolute Gasteiger partial charge is 0.497 e. The van der Waals surface area contributed by atoms with Crippen LogP contribution in [0.3, 0.4) is 0 Å². The van der Waals surface area contributed by atoms with Gasteiger partial charge in [-0.05, 0) is 49.8 Å². The number of methoxy groups -OCH3 is 2. The van der Waals surface area contributed by atoms with Crippen molar-refractivity contribution in [3.05, 3.63) is 94.7 Å². The molecule has 1 atom stereocenters. The van der Waals surface area contributed by atoms with Gasteiger partial charge in [0.2, 0.25) is 0 Å². The number of thiazole rings is 1. The van der Waals surface area contributed by atoms with Gasteiger partial charge in [-0.1, -0.05) is 11.3 Å². The highest BCUT2D eigenvalue weighted by Crippen LogP contribution is 2.37. The quantitative estimate of drug-likeness (QED) is 0.273. The molecule has 1 aromatic heterocycles. The number of nitro groups is 1. The number of fused-ring (bicyclic) bond motifs is 1. The van der Waals surface area contributed by atoms with Crippen molar-refractivity contribution in [3.63, 3.8) is 0 Å². The van der Waals surface area contributed by atoms with Crippen molar-refractivity contribution in [1.82, 2.24) is 4.57 Å². The molecule has 0 unspecified atom stereocenters. The first kappa shape index (κ1) is 24.9. The molecule has 10 nitrogen and oxygen atoms in total. The molecule has 1 aliphatic heterocycles. The van der Waals surface area contributed by atoms with Crippen LogP contribution >= 0.6 is 11.3 Å². The van der Waals surface area contributed by atoms with Gasteiger partial charge >= 0.3 is 5.97 Å². The number of carbonyl (C=O) groups is 1. The smallest absolute Gasteiger partial charge is 0.338 e. The Labute approximate surface area is 209 Å². The van der Waals surface area contributed by atoms with Gasteiger partial charge < -0.3 is 14.2 Å². The predicted octanol–water partition coefficient (Wildman–Crippen LogP) is 2.72. The molecule has 36 heavy (non-hydrogen) atoms. The summed E-state index contributed by atoms with van der Waals surface area (Å²) in [5, 5.41) is 11.0. The Morgan fingerprint density at radius 3 is 2.53 bits per heavy atom. The van der Waals surface area contributed by atoms with Gasteiger partial charge in [-0.15, -0.1) is 0 Å². The fourth-order valence-corrected chi connectivity index (χ4v) is 5.02. The summed E-state index contributed by atoms with van der Waals surface area (Å²) in [5.74, 6) is 0.409. The highest BCUT2D eigenvalue weighted by molar-refractivity contribution is 7.07. The maximum atomic E-state index is 13.7. The highest BCUT2D eigenvalue weighted by Gasteiger charge is 2.35. The Balaban J connectivity index is 1.95. The standard InChI is InChI=1S/C25H23N3O7S/c1-5-35-24(30)21-14(2)26-25-27(22(21)18-11-10-17(33-3)13-19(18)34-4)23(29)20(36-25)12-15-6-8-16(9-7-15)28(31)32/h6-13,22H,5H2,1-4H3/t22-/m1/s1. The monoisotopic (exact) mass is 509 g/mol. The maximum Gasteiger partial charge on any atom is 0.338 e. The summed E-state index contributed by atoms with van der Waals surface area (Å²) >= 11 is 1.16. The van der Waals surface area contributed by atoms with E-state index in [1.54, 1.807) is 50.3 Å². The summed E-state index contributed by atoms with van der Waals surface area (Å²) < 4.78 is 18.0. The molecule has 11 heteroatoms. The Morgan fingerprint density at radius 2 is 1.92 bits per heavy atom. The van der Waals surface area contributed by atoms with Crippen molar-refractivity contribution in [3.8, 4) is 11.5 Å². The Bertz CT molecular complexity index is 1550. The lowest BCUT2D eigenvalue weighted by Gasteiger charge is -2.26. The summed E-state index contributed by atoms with van der Waals surface area (Å²) in [6.45, 7) is 3.56. The number of ether oxygens (including phenoxy) is 3. The molecular formula is C25H23N3O7S. The van der Waals surface area contributed by atoms with Crippen LogP contribution in [0, 0.1) is 10.1 Å². The number of nitro benzene ring substituents is 1. The normalized spacial score (nSPS) is 15.2. The van der Waals surface area contributed by atoms with Gasteiger partial charge in [-0.25, -0.2) is 9.79 Å². The summed E-state index contributed by atoms with van der Waals surface area (Å²) in [6.07, 6.45) is 1.64. The summed E-state index contributed by atoms with van der Waals surface area (Å²) in [5.41, 5.74) is 1.43. The van der Waals surface area contributed by atoms with Crippen LogP contribution in [0.15, 0.2) is 63.5 Å². The molecule has 0 bridgehead atoms. The Kier molecular flexibility index (Phi) is 7.02. The Hall–Kier alpha value is -4.25. The zero-order valence-electron chi connectivity index (χ0n) is 20.0. The summed E-state index contributed by atoms with van der Waals surface area (Å²) in [6, 6.07) is 10.2. The molecule has 4 rings (SSSR count). The lowest BCUT2D eigenvalue weighted by Crippen LogP contribution is -2.40. The third-order valence-corrected chi connectivity index (χ3v) is 6.64. The van der Waals surface area contributed by atoms with Gasteiger partial charge in [0, 0.05) is 23.8 Å². The van der Waals surface area contributed by atoms with Crippen molar-refractivity contribution in [1.29, 1.82) is 0 Å². The Morgan fingerprint density at radius 1 is 1.19 bits per heavy atom. The first-order valence-electron chi connectivity index (χ1n) is 10.9. The van der Waals surface area contributed by atoms with Crippen LogP contribution in [-0.4, -0.2) is 36.3 Å². The van der Waals surface area contributed by atoms with Crippen molar-refractivity contribution in [2.24, 2.45) is 4.99 Å². The van der Waals surface area contributed by atoms with Gasteiger partial charge in [0.25, 0.3) is 11.2 Å². The number of hydrogen-bond donors (Lipinski definition) is 0. The number of non-ortho nitro benzene ring substituents is 1. The van der Waals surface area contributed by atoms with E-state index in [0.717, 1.165) is 11.3 Å². The number of allylic oxidation sites excluding steroid dienone is 1. The van der Waals surface area contributed by atoms with Crippen LogP contribution in [0.25, 0.3) is 6.08 Å². The van der Waals surface area contributed by atoms with E-state index in [-0.39, 0.29) is 23.4 Å². The zero-order valence-corrected chi connectivity index (χ0v) is 20.8. The van der Waals surface area contributed by atoms with E-state index >= 15 is 0 Å². The molecule has 2 aromatic carbocycles. The van der Waals surface area contributed by atoms with E-state index in [2.05, 4.69) is 4.99 Å². The van der Waals surface area contributed by atoms with Gasteiger partial charge in [-0.2, -0.15) is 0 Å². The van der Waals surface area contributed by atoms with Crippen LogP contribution in [0.4, 0.5) is 5.69 Å². The molecule has 1 aliphatic rings. The molecule has 0 amide bonds. The van der Waals surface area contributed by atoms with E-state index in [1.165, 1.54) is 30.9 Å². The predicted molar refractivity (Wildman–Crippen MR) is 133 cm³/mol. The number of aromatic nitrogens is 1. The molecule has 0 spiro atoms. The maximum absolute atomic E-state index is 13.7. The van der Waals surface area contributed by atoms with Crippen LogP contribution in [-0.2, 0) is 9.53 Å². The van der Waals surface area contributed by atoms with Gasteiger partial charge in [-0.3, -0.25) is 19.5 Å². The topological polar surface area (TPSA) is 122 Å². The van der Waals surface area contributed by atoms with Crippen molar-refractivity contribution < 1.29 is 23.9 Å². The minimum Gasteiger partial charge on any atom is -0.497 e. The van der Waals surface area contributed by atoms with E-state index in [4.69, 9.17) is 14.2 Å². The molecule has 0 saturated carbocycles. The van der Waals surface area contributed by atoms with Crippen molar-refractivity contribution in [2.45, 2.75) is 19.9 Å². The SMILES string of the molecule is CCOC(=O)C1=C(C)N=c2sc(=Cc3ccc([N+](=O)[O-])cc3)c(=O)n2[C@@H]1c1ccc(OC)cc1OC. The third kappa shape index (κ3) is 4.52. The van der Waals surface area contributed by atoms with Crippen LogP contribution < -0.4 is 24.4 Å². The average molecular weight is 510 g/mol. The van der Waals surface area contributed by atoms with Crippen LogP contribution in [0.1, 0.15) is 31.0 Å². The number of nitrogens with zero attached hydrogens (tertiary/aromatic N) is 3. The number of hydrogen-bond acceptors (Lipinski definition) is 9. The van der Waals surface area contributed by atoms with E-state index in [9.17, 15) is 19.7 Å². The molecule has 0 aliphatic carbocycles. The molecule has 2 heterocycles. The molecule has 3 aromatic rings. The highest BCUT2D eigenvalue weighted by atomic mass is 32.1. The van der Waals surface area contributed by atoms with Crippen molar-refractivity contribution in [2.75, 3.05) is 20.8 Å². The lowest BCUT2D eigenvalue weighted by atomic mass is 9.95. The fourth-order valence-electron chi connectivity index (χ4n) is 3.97. The summed E-state index contributed by atoms with van der Waals surface area (Å²) in [7, 11) is 3.03. The van der Waals surface area contributed by atoms with Crippen molar-refractivity contribution >= 4 is 29.1 Å². The number of rotatable bonds is 7. The fraction of sp³-hybridized carbons (Fsp3) is 0.240. The van der Waals surface area contributed by atoms with Crippen LogP contribution in [0.5, 0.6) is 11.5 Å². The van der Waals surface area contributed by atoms with E-state index in [1.807, 2.05) is 0 Å². The third-order valence-electron chi connectivity index (χ3n) is 5.65. The second-order valence-corrected chi connectivity index (χ2v) is 8.77. The number of esters is 1. The number of benzene rings is 2. The average Bonchev–Trinajstić information content (AvgIpc) is 3.17. The minimum atomic E-state index is -0.847. The minimum absolute atomic E-state index is 0.0464. The van der Waals surface area contributed by atoms with Gasteiger partial charge in [0.1, 0.15) is 17.5 Å².